The van der Waals surface area contributed by atoms with Crippen LogP contribution in [0, 0.1) is 0 Å². The Balaban J connectivity index is 1.56. The first kappa shape index (κ1) is 17.7. The molecule has 138 valence electrons. The average molecular weight is 405 g/mol. The number of rotatable bonds is 4. The highest BCUT2D eigenvalue weighted by atomic mass is 32.1. The van der Waals surface area contributed by atoms with E-state index in [4.69, 9.17) is 0 Å². The van der Waals surface area contributed by atoms with Gasteiger partial charge in [0.15, 0.2) is 5.13 Å². The fourth-order valence-electron chi connectivity index (χ4n) is 2.68. The number of anilines is 1. The van der Waals surface area contributed by atoms with Crippen LogP contribution < -0.4 is 5.32 Å². The summed E-state index contributed by atoms with van der Waals surface area (Å²) < 4.78 is 29.3. The third-order valence-corrected chi connectivity index (χ3v) is 5.67. The smallest absolute Gasteiger partial charge is 0.263 e. The Bertz CT molecular complexity index is 1070. The van der Waals surface area contributed by atoms with Gasteiger partial charge in [-0.3, -0.25) is 14.8 Å². The van der Waals surface area contributed by atoms with E-state index in [-0.39, 0.29) is 18.0 Å². The molecule has 0 unspecified atom stereocenters. The number of carbonyl (C=O) groups excluding carboxylic acids is 1. The lowest BCUT2D eigenvalue weighted by atomic mass is 10.0. The van der Waals surface area contributed by atoms with Gasteiger partial charge in [0, 0.05) is 31.2 Å². The molecule has 0 aliphatic heterocycles. The molecule has 3 aromatic rings. The summed E-state index contributed by atoms with van der Waals surface area (Å²) in [7, 11) is 1.80. The highest BCUT2D eigenvalue weighted by Gasteiger charge is 2.24. The zero-order chi connectivity index (χ0) is 19.0. The Morgan fingerprint density at radius 3 is 2.93 bits per heavy atom. The standard InChI is InChI=1S/C17H13F2N5OS2/c1-24-12(7-11(23-24)16-20-5-6-26-16)13-8-21-17(27-13)22-15(25)14-9(18)3-2-4-10(14)19/h3,5-8H,2,4H2,1H3,(H,21,22,25). The van der Waals surface area contributed by atoms with Crippen LogP contribution in [0.4, 0.5) is 13.9 Å². The highest BCUT2D eigenvalue weighted by molar-refractivity contribution is 7.19. The molecule has 4 rings (SSSR count). The van der Waals surface area contributed by atoms with Gasteiger partial charge in [-0.2, -0.15) is 5.10 Å². The number of halogens is 2. The SMILES string of the molecule is Cn1nc(-c2nccs2)cc1-c1cnc(NC(=O)C2=C(F)CCC=C2F)s1. The second-order valence-corrected chi connectivity index (χ2v) is 7.66. The second kappa shape index (κ2) is 7.12. The molecule has 3 aromatic heterocycles. The number of amides is 1. The summed E-state index contributed by atoms with van der Waals surface area (Å²) in [6.07, 6.45) is 4.77. The van der Waals surface area contributed by atoms with E-state index in [1.807, 2.05) is 11.4 Å². The first-order valence-corrected chi connectivity index (χ1v) is 9.68. The predicted molar refractivity (Wildman–Crippen MR) is 101 cm³/mol. The van der Waals surface area contributed by atoms with Crippen LogP contribution in [0.2, 0.25) is 0 Å². The molecule has 0 atom stereocenters. The molecule has 1 aliphatic carbocycles. The Kier molecular flexibility index (Phi) is 4.66. The van der Waals surface area contributed by atoms with Crippen molar-refractivity contribution >= 4 is 33.7 Å². The minimum Gasteiger partial charge on any atom is -0.298 e. The summed E-state index contributed by atoms with van der Waals surface area (Å²) in [5, 5.41) is 9.83. The van der Waals surface area contributed by atoms with Crippen molar-refractivity contribution in [2.75, 3.05) is 5.32 Å². The number of hydrogen-bond donors (Lipinski definition) is 1. The van der Waals surface area contributed by atoms with Crippen LogP contribution in [-0.4, -0.2) is 25.7 Å². The lowest BCUT2D eigenvalue weighted by Crippen LogP contribution is -2.17. The number of carbonyl (C=O) groups is 1. The molecule has 3 heterocycles. The number of nitrogens with zero attached hydrogens (tertiary/aromatic N) is 4. The van der Waals surface area contributed by atoms with Crippen molar-refractivity contribution in [2.45, 2.75) is 12.8 Å². The number of allylic oxidation sites excluding steroid dienone is 2. The highest BCUT2D eigenvalue weighted by Crippen LogP contribution is 2.33. The number of hydrogen-bond acceptors (Lipinski definition) is 6. The van der Waals surface area contributed by atoms with Crippen molar-refractivity contribution in [2.24, 2.45) is 7.05 Å². The lowest BCUT2D eigenvalue weighted by molar-refractivity contribution is -0.112. The average Bonchev–Trinajstić information content (AvgIpc) is 3.35. The molecule has 1 amide bonds. The predicted octanol–water partition coefficient (Wildman–Crippen LogP) is 4.48. The topological polar surface area (TPSA) is 72.7 Å². The van der Waals surface area contributed by atoms with Crippen molar-refractivity contribution in [3.63, 3.8) is 0 Å². The summed E-state index contributed by atoms with van der Waals surface area (Å²) in [4.78, 5) is 21.3. The van der Waals surface area contributed by atoms with E-state index in [0.717, 1.165) is 21.3 Å². The normalized spacial score (nSPS) is 14.4. The Morgan fingerprint density at radius 2 is 2.19 bits per heavy atom. The van der Waals surface area contributed by atoms with Crippen molar-refractivity contribution < 1.29 is 13.6 Å². The largest absolute Gasteiger partial charge is 0.298 e. The van der Waals surface area contributed by atoms with E-state index in [9.17, 15) is 13.6 Å². The Labute approximate surface area is 160 Å². The van der Waals surface area contributed by atoms with Gasteiger partial charge < -0.3 is 0 Å². The van der Waals surface area contributed by atoms with Gasteiger partial charge in [0.1, 0.15) is 27.9 Å². The molecule has 0 fully saturated rings. The summed E-state index contributed by atoms with van der Waals surface area (Å²) in [6.45, 7) is 0. The number of thiazole rings is 2. The fourth-order valence-corrected chi connectivity index (χ4v) is 4.13. The number of nitrogens with one attached hydrogen (secondary N) is 1. The van der Waals surface area contributed by atoms with Crippen LogP contribution in [0.15, 0.2) is 47.1 Å². The molecule has 1 aliphatic rings. The summed E-state index contributed by atoms with van der Waals surface area (Å²) in [6, 6.07) is 1.88. The van der Waals surface area contributed by atoms with Crippen molar-refractivity contribution in [1.82, 2.24) is 19.7 Å². The molecule has 0 radical (unpaired) electrons. The minimum atomic E-state index is -0.840. The maximum absolute atomic E-state index is 13.8. The van der Waals surface area contributed by atoms with Gasteiger partial charge in [-0.25, -0.2) is 18.7 Å². The summed E-state index contributed by atoms with van der Waals surface area (Å²) >= 11 is 2.68. The zero-order valence-electron chi connectivity index (χ0n) is 14.1. The zero-order valence-corrected chi connectivity index (χ0v) is 15.7. The molecular weight excluding hydrogens is 392 g/mol. The Hall–Kier alpha value is -2.72. The quantitative estimate of drug-likeness (QED) is 0.695. The molecule has 1 N–H and O–H groups in total. The van der Waals surface area contributed by atoms with Gasteiger partial charge in [0.05, 0.1) is 10.6 Å². The molecular formula is C17H13F2N5OS2. The maximum Gasteiger partial charge on any atom is 0.263 e. The third-order valence-electron chi connectivity index (χ3n) is 3.93. The van der Waals surface area contributed by atoms with Gasteiger partial charge in [0.25, 0.3) is 5.91 Å². The fraction of sp³-hybridized carbons (Fsp3) is 0.176. The maximum atomic E-state index is 13.8. The van der Waals surface area contributed by atoms with Crippen LogP contribution >= 0.6 is 22.7 Å². The first-order chi connectivity index (χ1) is 13.0. The Morgan fingerprint density at radius 1 is 1.33 bits per heavy atom. The van der Waals surface area contributed by atoms with E-state index in [1.165, 1.54) is 28.7 Å². The van der Waals surface area contributed by atoms with E-state index >= 15 is 0 Å². The van der Waals surface area contributed by atoms with Crippen LogP contribution in [0.25, 0.3) is 21.3 Å². The molecule has 0 aromatic carbocycles. The molecule has 6 nitrogen and oxygen atoms in total. The van der Waals surface area contributed by atoms with Crippen molar-refractivity contribution in [3.8, 4) is 21.3 Å². The van der Waals surface area contributed by atoms with Gasteiger partial charge >= 0.3 is 0 Å². The van der Waals surface area contributed by atoms with Crippen LogP contribution in [0.3, 0.4) is 0 Å². The molecule has 0 saturated heterocycles. The lowest BCUT2D eigenvalue weighted by Gasteiger charge is -2.10. The van der Waals surface area contributed by atoms with Crippen molar-refractivity contribution in [1.29, 1.82) is 0 Å². The summed E-state index contributed by atoms with van der Waals surface area (Å²) in [5.41, 5.74) is 0.986. The third kappa shape index (κ3) is 3.45. The monoisotopic (exact) mass is 405 g/mol. The van der Waals surface area contributed by atoms with E-state index in [2.05, 4.69) is 20.4 Å². The summed E-state index contributed by atoms with van der Waals surface area (Å²) in [5.74, 6) is -2.42. The van der Waals surface area contributed by atoms with Crippen LogP contribution in [0.1, 0.15) is 12.8 Å². The van der Waals surface area contributed by atoms with E-state index in [0.29, 0.717) is 0 Å². The van der Waals surface area contributed by atoms with Gasteiger partial charge in [-0.15, -0.1) is 11.3 Å². The second-order valence-electron chi connectivity index (χ2n) is 5.73. The molecule has 0 spiro atoms. The van der Waals surface area contributed by atoms with E-state index in [1.54, 1.807) is 24.1 Å². The molecule has 0 saturated carbocycles. The number of aromatic nitrogens is 4. The molecule has 27 heavy (non-hydrogen) atoms. The van der Waals surface area contributed by atoms with Crippen molar-refractivity contribution in [3.05, 3.63) is 47.1 Å². The molecule has 10 heteroatoms. The van der Waals surface area contributed by atoms with Crippen LogP contribution in [-0.2, 0) is 11.8 Å². The van der Waals surface area contributed by atoms with E-state index < -0.39 is 23.1 Å². The molecule has 0 bridgehead atoms. The first-order valence-electron chi connectivity index (χ1n) is 7.99. The van der Waals surface area contributed by atoms with Gasteiger partial charge in [-0.05, 0) is 18.6 Å². The van der Waals surface area contributed by atoms with Crippen LogP contribution in [0.5, 0.6) is 0 Å². The number of aryl methyl sites for hydroxylation is 1. The van der Waals surface area contributed by atoms with Gasteiger partial charge in [-0.1, -0.05) is 11.3 Å². The minimum absolute atomic E-state index is 0.0217. The van der Waals surface area contributed by atoms with Gasteiger partial charge in [0.2, 0.25) is 0 Å².